The van der Waals surface area contributed by atoms with Gasteiger partial charge in [-0.05, 0) is 103 Å². The van der Waals surface area contributed by atoms with E-state index in [-0.39, 0.29) is 23.9 Å². The van der Waals surface area contributed by atoms with Crippen LogP contribution in [-0.2, 0) is 28.0 Å². The smallest absolute Gasteiger partial charge is 0.331 e. The summed E-state index contributed by atoms with van der Waals surface area (Å²) < 4.78 is 11.6. The zero-order valence-corrected chi connectivity index (χ0v) is 23.5. The molecule has 0 bridgehead atoms. The van der Waals surface area contributed by atoms with E-state index in [9.17, 15) is 9.90 Å². The Morgan fingerprint density at radius 3 is 2.51 bits per heavy atom. The van der Waals surface area contributed by atoms with Gasteiger partial charge in [-0.15, -0.1) is 0 Å². The maximum Gasteiger partial charge on any atom is 0.331 e. The Morgan fingerprint density at radius 2 is 1.82 bits per heavy atom. The number of halogens is 1. The minimum Gasteiger partial charge on any atom is -0.489 e. The summed E-state index contributed by atoms with van der Waals surface area (Å²) in [5.74, 6) is 1.23. The van der Waals surface area contributed by atoms with E-state index < -0.39 is 5.54 Å². The fourth-order valence-electron chi connectivity index (χ4n) is 6.80. The van der Waals surface area contributed by atoms with Gasteiger partial charge in [0.15, 0.2) is 0 Å². The molecule has 0 radical (unpaired) electrons. The maximum atomic E-state index is 13.2. The van der Waals surface area contributed by atoms with Crippen molar-refractivity contribution in [2.24, 2.45) is 11.8 Å². The molecule has 5 nitrogen and oxygen atoms in total. The first-order valence-electron chi connectivity index (χ1n) is 13.9. The molecule has 0 saturated heterocycles. The van der Waals surface area contributed by atoms with E-state index >= 15 is 0 Å². The second kappa shape index (κ2) is 11.6. The molecule has 39 heavy (non-hydrogen) atoms. The highest BCUT2D eigenvalue weighted by atomic mass is 35.5. The van der Waals surface area contributed by atoms with Crippen LogP contribution in [0.2, 0.25) is 5.02 Å². The number of benzene rings is 3. The van der Waals surface area contributed by atoms with Gasteiger partial charge in [0.1, 0.15) is 17.9 Å². The molecule has 2 aliphatic carbocycles. The highest BCUT2D eigenvalue weighted by Crippen LogP contribution is 2.56. The molecule has 2 aliphatic rings. The van der Waals surface area contributed by atoms with Crippen molar-refractivity contribution in [2.75, 3.05) is 19.0 Å². The first kappa shape index (κ1) is 27.5. The van der Waals surface area contributed by atoms with E-state index in [2.05, 4.69) is 42.6 Å². The predicted molar refractivity (Wildman–Crippen MR) is 155 cm³/mol. The topological polar surface area (TPSA) is 67.8 Å². The molecule has 3 aromatic rings. The Balaban J connectivity index is 1.44. The van der Waals surface area contributed by atoms with Crippen molar-refractivity contribution in [3.63, 3.8) is 0 Å². The van der Waals surface area contributed by atoms with Crippen LogP contribution in [0, 0.1) is 11.8 Å². The van der Waals surface area contributed by atoms with Gasteiger partial charge in [-0.3, -0.25) is 0 Å². The van der Waals surface area contributed by atoms with Gasteiger partial charge in [0.05, 0.1) is 7.11 Å². The summed E-state index contributed by atoms with van der Waals surface area (Å²) in [4.78, 5) is 13.2. The molecule has 6 heteroatoms. The number of hydrogen-bond donors (Lipinski definition) is 2. The number of methoxy groups -OCH3 is 1. The first-order valence-corrected chi connectivity index (χ1v) is 14.3. The third-order valence-corrected chi connectivity index (χ3v) is 9.13. The molecular formula is C33H38ClNO4. The van der Waals surface area contributed by atoms with Crippen molar-refractivity contribution >= 4 is 23.3 Å². The van der Waals surface area contributed by atoms with Crippen LogP contribution >= 0.6 is 11.6 Å². The molecular weight excluding hydrogens is 510 g/mol. The van der Waals surface area contributed by atoms with Gasteiger partial charge < -0.3 is 19.9 Å². The van der Waals surface area contributed by atoms with Crippen LogP contribution in [0.15, 0.2) is 72.8 Å². The molecule has 1 fully saturated rings. The van der Waals surface area contributed by atoms with Crippen molar-refractivity contribution in [1.82, 2.24) is 0 Å². The fourth-order valence-corrected chi connectivity index (χ4v) is 6.99. The van der Waals surface area contributed by atoms with E-state index in [1.54, 1.807) is 0 Å². The maximum absolute atomic E-state index is 13.2. The zero-order valence-electron chi connectivity index (χ0n) is 22.8. The van der Waals surface area contributed by atoms with Crippen molar-refractivity contribution < 1.29 is 19.4 Å². The molecule has 206 valence electrons. The summed E-state index contributed by atoms with van der Waals surface area (Å²) in [5, 5.41) is 14.0. The molecule has 0 aromatic heterocycles. The lowest BCUT2D eigenvalue weighted by atomic mass is 9.59. The number of carbonyl (C=O) groups is 1. The number of anilines is 1. The number of nitrogens with one attached hydrogen (secondary N) is 1. The van der Waals surface area contributed by atoms with Crippen LogP contribution in [0.25, 0.3) is 0 Å². The van der Waals surface area contributed by atoms with Crippen LogP contribution in [0.5, 0.6) is 5.75 Å². The van der Waals surface area contributed by atoms with Gasteiger partial charge in [-0.2, -0.15) is 0 Å². The minimum atomic E-state index is -0.817. The minimum absolute atomic E-state index is 0.0849. The zero-order chi connectivity index (χ0) is 27.5. The Bertz CT molecular complexity index is 1290. The number of aliphatic hydroxyl groups is 1. The molecule has 2 N–H and O–H groups in total. The van der Waals surface area contributed by atoms with Crippen LogP contribution in [0.3, 0.4) is 0 Å². The van der Waals surface area contributed by atoms with Crippen molar-refractivity contribution in [3.8, 4) is 5.75 Å². The quantitative estimate of drug-likeness (QED) is 0.284. The average molecular weight is 548 g/mol. The molecule has 5 rings (SSSR count). The Labute approximate surface area is 236 Å². The van der Waals surface area contributed by atoms with E-state index in [4.69, 9.17) is 21.1 Å². The van der Waals surface area contributed by atoms with Gasteiger partial charge in [0.25, 0.3) is 0 Å². The van der Waals surface area contributed by atoms with Gasteiger partial charge >= 0.3 is 5.97 Å². The summed E-state index contributed by atoms with van der Waals surface area (Å²) in [6, 6.07) is 24.2. The molecule has 1 spiro atoms. The number of hydrogen-bond acceptors (Lipinski definition) is 5. The van der Waals surface area contributed by atoms with Crippen molar-refractivity contribution in [3.05, 3.63) is 94.5 Å². The predicted octanol–water partition coefficient (Wildman–Crippen LogP) is 6.95. The highest BCUT2D eigenvalue weighted by molar-refractivity contribution is 6.30. The number of esters is 1. The van der Waals surface area contributed by atoms with Crippen LogP contribution in [0.4, 0.5) is 5.69 Å². The molecule has 2 atom stereocenters. The van der Waals surface area contributed by atoms with E-state index in [1.165, 1.54) is 18.2 Å². The summed E-state index contributed by atoms with van der Waals surface area (Å²) in [6.07, 6.45) is 4.89. The van der Waals surface area contributed by atoms with Crippen LogP contribution < -0.4 is 10.1 Å². The highest BCUT2D eigenvalue weighted by Gasteiger charge is 2.54. The molecule has 3 aromatic carbocycles. The number of ether oxygens (including phenoxy) is 2. The molecule has 0 amide bonds. The van der Waals surface area contributed by atoms with Crippen LogP contribution in [-0.4, -0.2) is 30.3 Å². The van der Waals surface area contributed by atoms with Gasteiger partial charge in [-0.25, -0.2) is 4.79 Å². The lowest BCUT2D eigenvalue weighted by Gasteiger charge is -2.47. The Morgan fingerprint density at radius 1 is 1.05 bits per heavy atom. The van der Waals surface area contributed by atoms with Gasteiger partial charge in [0.2, 0.25) is 0 Å². The fraction of sp³-hybridized carbons (Fsp3) is 0.424. The van der Waals surface area contributed by atoms with Gasteiger partial charge in [-0.1, -0.05) is 61.0 Å². The Kier molecular flexibility index (Phi) is 8.20. The SMILES string of the molecule is COC(=O)C1(Nc2cccc(Cl)c2)CCC2(CC1)c1cc(OCc3ccccc3)ccc1C[C@@H]2C[C@@H](C)CO. The lowest BCUT2D eigenvalue weighted by Crippen LogP contribution is -2.53. The lowest BCUT2D eigenvalue weighted by molar-refractivity contribution is -0.148. The second-order valence-electron chi connectivity index (χ2n) is 11.4. The average Bonchev–Trinajstić information content (AvgIpc) is 3.25. The number of aliphatic hydroxyl groups excluding tert-OH is 1. The number of rotatable bonds is 9. The summed E-state index contributed by atoms with van der Waals surface area (Å²) in [6.45, 7) is 2.82. The summed E-state index contributed by atoms with van der Waals surface area (Å²) in [7, 11) is 1.46. The van der Waals surface area contributed by atoms with Crippen LogP contribution in [0.1, 0.15) is 55.7 Å². The molecule has 0 heterocycles. The van der Waals surface area contributed by atoms with E-state index in [1.807, 2.05) is 42.5 Å². The van der Waals surface area contributed by atoms with E-state index in [0.29, 0.717) is 30.4 Å². The first-order chi connectivity index (χ1) is 18.9. The Hall–Kier alpha value is -3.02. The van der Waals surface area contributed by atoms with Crippen molar-refractivity contribution in [1.29, 1.82) is 0 Å². The third-order valence-electron chi connectivity index (χ3n) is 8.89. The number of carbonyl (C=O) groups excluding carboxylic acids is 1. The monoisotopic (exact) mass is 547 g/mol. The normalized spacial score (nSPS) is 24.7. The molecule has 1 saturated carbocycles. The second-order valence-corrected chi connectivity index (χ2v) is 11.8. The summed E-state index contributed by atoms with van der Waals surface area (Å²) in [5.41, 5.74) is 3.74. The standard InChI is InChI=1S/C33H38ClNO4/c1-23(21-36)17-26-18-25-11-12-29(39-22-24-7-4-3-5-8-24)20-30(25)32(26)13-15-33(16-14-32,31(37)38-2)35-28-10-6-9-27(34)19-28/h3-12,19-20,23,26,35-36H,13-18,21-22H2,1-2H3/t23-,26+,32?,33?/m1/s1. The third kappa shape index (κ3) is 5.66. The van der Waals surface area contributed by atoms with Gasteiger partial charge in [0, 0.05) is 17.3 Å². The largest absolute Gasteiger partial charge is 0.489 e. The summed E-state index contributed by atoms with van der Waals surface area (Å²) >= 11 is 6.25. The molecule has 0 unspecified atom stereocenters. The number of fused-ring (bicyclic) bond motifs is 2. The molecule has 0 aliphatic heterocycles. The van der Waals surface area contributed by atoms with Crippen molar-refractivity contribution in [2.45, 2.75) is 63.0 Å². The van der Waals surface area contributed by atoms with E-state index in [0.717, 1.165) is 42.7 Å².